The maximum absolute atomic E-state index is 12.6. The van der Waals surface area contributed by atoms with Crippen LogP contribution in [0.2, 0.25) is 0 Å². The van der Waals surface area contributed by atoms with Crippen LogP contribution in [-0.2, 0) is 6.42 Å². The summed E-state index contributed by atoms with van der Waals surface area (Å²) in [5, 5.41) is 8.99. The molecule has 3 aromatic rings. The standard InChI is InChI=1S/C20H17N3OS/c24-19(11-25-20-22-21-12-23(20)16-6-7-16)14-5-8-18-15(10-14)9-13-3-1-2-4-17(13)18/h1-5,8,10,12,16H,6-7,9,11H2. The molecule has 0 saturated heterocycles. The van der Waals surface area contributed by atoms with E-state index in [1.165, 1.54) is 46.9 Å². The molecule has 1 aromatic heterocycles. The molecule has 1 saturated carbocycles. The van der Waals surface area contributed by atoms with Crippen LogP contribution in [0.15, 0.2) is 53.9 Å². The molecule has 25 heavy (non-hydrogen) atoms. The third-order valence-electron chi connectivity index (χ3n) is 4.93. The van der Waals surface area contributed by atoms with Crippen molar-refractivity contribution >= 4 is 17.5 Å². The fourth-order valence-electron chi connectivity index (χ4n) is 3.47. The Kier molecular flexibility index (Phi) is 3.48. The molecular weight excluding hydrogens is 330 g/mol. The van der Waals surface area contributed by atoms with Crippen molar-refractivity contribution in [1.29, 1.82) is 0 Å². The first kappa shape index (κ1) is 14.9. The fourth-order valence-corrected chi connectivity index (χ4v) is 4.35. The van der Waals surface area contributed by atoms with Crippen molar-refractivity contribution in [3.63, 3.8) is 0 Å². The van der Waals surface area contributed by atoms with Gasteiger partial charge in [-0.15, -0.1) is 10.2 Å². The smallest absolute Gasteiger partial charge is 0.191 e. The van der Waals surface area contributed by atoms with Crippen LogP contribution in [0, 0.1) is 0 Å². The van der Waals surface area contributed by atoms with Gasteiger partial charge in [-0.25, -0.2) is 0 Å². The quantitative estimate of drug-likeness (QED) is 0.402. The molecular formula is C20H17N3OS. The van der Waals surface area contributed by atoms with Crippen molar-refractivity contribution in [2.45, 2.75) is 30.5 Å². The lowest BCUT2D eigenvalue weighted by atomic mass is 10.0. The lowest BCUT2D eigenvalue weighted by Gasteiger charge is -2.06. The van der Waals surface area contributed by atoms with Crippen molar-refractivity contribution in [3.8, 4) is 11.1 Å². The highest BCUT2D eigenvalue weighted by Crippen LogP contribution is 2.38. The minimum absolute atomic E-state index is 0.147. The zero-order valence-corrected chi connectivity index (χ0v) is 14.5. The number of thioether (sulfide) groups is 1. The molecule has 0 aliphatic heterocycles. The molecule has 0 radical (unpaired) electrons. The monoisotopic (exact) mass is 347 g/mol. The van der Waals surface area contributed by atoms with Gasteiger partial charge in [0.1, 0.15) is 6.33 Å². The number of rotatable bonds is 5. The van der Waals surface area contributed by atoms with Gasteiger partial charge in [0.2, 0.25) is 0 Å². The minimum Gasteiger partial charge on any atom is -0.306 e. The second-order valence-corrected chi connectivity index (χ2v) is 7.61. The van der Waals surface area contributed by atoms with Crippen molar-refractivity contribution in [2.75, 3.05) is 5.75 Å². The van der Waals surface area contributed by atoms with Gasteiger partial charge in [-0.1, -0.05) is 48.2 Å². The van der Waals surface area contributed by atoms with E-state index in [-0.39, 0.29) is 5.78 Å². The Hall–Kier alpha value is -2.40. The Morgan fingerprint density at radius 2 is 1.96 bits per heavy atom. The number of aromatic nitrogens is 3. The van der Waals surface area contributed by atoms with Crippen molar-refractivity contribution in [3.05, 3.63) is 65.5 Å². The number of benzene rings is 2. The molecule has 2 aromatic carbocycles. The SMILES string of the molecule is O=C(CSc1nncn1C1CC1)c1ccc2c(c1)Cc1ccccc1-2. The van der Waals surface area contributed by atoms with E-state index in [0.717, 1.165) is 17.1 Å². The number of carbonyl (C=O) groups excluding carboxylic acids is 1. The van der Waals surface area contributed by atoms with E-state index in [1.54, 1.807) is 6.33 Å². The Labute approximate surface area is 150 Å². The summed E-state index contributed by atoms with van der Waals surface area (Å²) in [6, 6.07) is 15.1. The summed E-state index contributed by atoms with van der Waals surface area (Å²) in [6.45, 7) is 0. The van der Waals surface area contributed by atoms with Gasteiger partial charge >= 0.3 is 0 Å². The average Bonchev–Trinajstić information content (AvgIpc) is 3.26. The normalized spacial score (nSPS) is 15.0. The number of fused-ring (bicyclic) bond motifs is 3. The molecule has 2 aliphatic carbocycles. The van der Waals surface area contributed by atoms with Crippen LogP contribution in [0.25, 0.3) is 11.1 Å². The molecule has 124 valence electrons. The van der Waals surface area contributed by atoms with Crippen LogP contribution in [0.1, 0.15) is 40.4 Å². The lowest BCUT2D eigenvalue weighted by Crippen LogP contribution is -2.05. The molecule has 0 N–H and O–H groups in total. The van der Waals surface area contributed by atoms with Gasteiger partial charge in [-0.2, -0.15) is 0 Å². The van der Waals surface area contributed by atoms with Crippen LogP contribution in [0.3, 0.4) is 0 Å². The second-order valence-electron chi connectivity index (χ2n) is 6.67. The molecule has 0 amide bonds. The van der Waals surface area contributed by atoms with Gasteiger partial charge in [0.25, 0.3) is 0 Å². The third-order valence-corrected chi connectivity index (χ3v) is 5.89. The Morgan fingerprint density at radius 3 is 2.84 bits per heavy atom. The molecule has 2 aliphatic rings. The average molecular weight is 347 g/mol. The summed E-state index contributed by atoms with van der Waals surface area (Å²) in [5.41, 5.74) is 5.93. The summed E-state index contributed by atoms with van der Waals surface area (Å²) in [5.74, 6) is 0.547. The van der Waals surface area contributed by atoms with Crippen molar-refractivity contribution in [1.82, 2.24) is 14.8 Å². The predicted molar refractivity (Wildman–Crippen MR) is 98.0 cm³/mol. The molecule has 0 atom stereocenters. The maximum Gasteiger partial charge on any atom is 0.191 e. The number of carbonyl (C=O) groups is 1. The predicted octanol–water partition coefficient (Wildman–Crippen LogP) is 4.16. The lowest BCUT2D eigenvalue weighted by molar-refractivity contribution is 0.102. The molecule has 5 heteroatoms. The van der Waals surface area contributed by atoms with E-state index in [0.29, 0.717) is 11.8 Å². The van der Waals surface area contributed by atoms with E-state index in [2.05, 4.69) is 51.2 Å². The maximum atomic E-state index is 12.6. The Bertz CT molecular complexity index is 975. The van der Waals surface area contributed by atoms with Crippen LogP contribution in [-0.4, -0.2) is 26.3 Å². The summed E-state index contributed by atoms with van der Waals surface area (Å²) < 4.78 is 2.09. The van der Waals surface area contributed by atoms with Crippen molar-refractivity contribution < 1.29 is 4.79 Å². The Morgan fingerprint density at radius 1 is 1.12 bits per heavy atom. The highest BCUT2D eigenvalue weighted by molar-refractivity contribution is 7.99. The molecule has 0 unspecified atom stereocenters. The number of nitrogens with zero attached hydrogens (tertiary/aromatic N) is 3. The molecule has 1 heterocycles. The van der Waals surface area contributed by atoms with Crippen LogP contribution < -0.4 is 0 Å². The second kappa shape index (κ2) is 5.85. The van der Waals surface area contributed by atoms with Gasteiger partial charge in [-0.3, -0.25) is 4.79 Å². The topological polar surface area (TPSA) is 47.8 Å². The molecule has 0 spiro atoms. The molecule has 4 nitrogen and oxygen atoms in total. The fraction of sp³-hybridized carbons (Fsp3) is 0.250. The Balaban J connectivity index is 1.33. The molecule has 1 fully saturated rings. The first-order valence-corrected chi connectivity index (χ1v) is 9.55. The molecule has 5 rings (SSSR count). The summed E-state index contributed by atoms with van der Waals surface area (Å²) in [7, 11) is 0. The first-order chi connectivity index (χ1) is 12.3. The third kappa shape index (κ3) is 2.68. The van der Waals surface area contributed by atoms with Gasteiger partial charge in [0, 0.05) is 11.6 Å². The van der Waals surface area contributed by atoms with E-state index < -0.39 is 0 Å². The van der Waals surface area contributed by atoms with Crippen LogP contribution >= 0.6 is 11.8 Å². The van der Waals surface area contributed by atoms with E-state index in [9.17, 15) is 4.79 Å². The van der Waals surface area contributed by atoms with E-state index in [4.69, 9.17) is 0 Å². The van der Waals surface area contributed by atoms with E-state index in [1.807, 2.05) is 6.07 Å². The largest absolute Gasteiger partial charge is 0.306 e. The summed E-state index contributed by atoms with van der Waals surface area (Å²) in [6.07, 6.45) is 5.06. The van der Waals surface area contributed by atoms with Crippen LogP contribution in [0.5, 0.6) is 0 Å². The number of hydrogen-bond donors (Lipinski definition) is 0. The zero-order valence-electron chi connectivity index (χ0n) is 13.7. The van der Waals surface area contributed by atoms with Gasteiger partial charge in [0.15, 0.2) is 10.9 Å². The first-order valence-electron chi connectivity index (χ1n) is 8.56. The van der Waals surface area contributed by atoms with Gasteiger partial charge in [-0.05, 0) is 47.6 Å². The number of hydrogen-bond acceptors (Lipinski definition) is 4. The van der Waals surface area contributed by atoms with E-state index >= 15 is 0 Å². The van der Waals surface area contributed by atoms with Crippen molar-refractivity contribution in [2.24, 2.45) is 0 Å². The summed E-state index contributed by atoms with van der Waals surface area (Å²) in [4.78, 5) is 12.6. The van der Waals surface area contributed by atoms with Crippen LogP contribution in [0.4, 0.5) is 0 Å². The highest BCUT2D eigenvalue weighted by Gasteiger charge is 2.26. The summed E-state index contributed by atoms with van der Waals surface area (Å²) >= 11 is 1.49. The van der Waals surface area contributed by atoms with Gasteiger partial charge < -0.3 is 4.57 Å². The highest BCUT2D eigenvalue weighted by atomic mass is 32.2. The minimum atomic E-state index is 0.147. The zero-order chi connectivity index (χ0) is 16.8. The van der Waals surface area contributed by atoms with Gasteiger partial charge in [0.05, 0.1) is 5.75 Å². The number of ketones is 1. The molecule has 0 bridgehead atoms. The number of Topliss-reactive ketones (excluding diaryl/α,β-unsaturated/α-hetero) is 1.